The average Bonchev–Trinajstić information content (AvgIpc) is 3.33. The molecular formula is C27H34N2O. The van der Waals surface area contributed by atoms with Crippen molar-refractivity contribution < 1.29 is 4.74 Å². The third-order valence-electron chi connectivity index (χ3n) is 9.18. The second-order valence-electron chi connectivity index (χ2n) is 10.1. The van der Waals surface area contributed by atoms with Gasteiger partial charge in [0.1, 0.15) is 5.75 Å². The maximum Gasteiger partial charge on any atom is 0.118 e. The van der Waals surface area contributed by atoms with Crippen molar-refractivity contribution in [2.45, 2.75) is 69.5 Å². The lowest BCUT2D eigenvalue weighted by Crippen LogP contribution is -2.64. The first kappa shape index (κ1) is 18.7. The Morgan fingerprint density at radius 1 is 1.00 bits per heavy atom. The van der Waals surface area contributed by atoms with Crippen LogP contribution in [0.4, 0.5) is 5.69 Å². The first-order valence-electron chi connectivity index (χ1n) is 11.9. The van der Waals surface area contributed by atoms with E-state index >= 15 is 0 Å². The molecule has 2 aromatic rings. The zero-order valence-electron chi connectivity index (χ0n) is 18.4. The van der Waals surface area contributed by atoms with Crippen LogP contribution in [0.25, 0.3) is 0 Å². The lowest BCUT2D eigenvalue weighted by atomic mass is 9.52. The Bertz CT molecular complexity index is 940. The van der Waals surface area contributed by atoms with E-state index in [1.54, 1.807) is 12.7 Å². The van der Waals surface area contributed by atoms with Crippen molar-refractivity contribution in [3.05, 3.63) is 59.7 Å². The van der Waals surface area contributed by atoms with Crippen LogP contribution in [0.2, 0.25) is 0 Å². The van der Waals surface area contributed by atoms with E-state index in [2.05, 4.69) is 65.3 Å². The van der Waals surface area contributed by atoms with E-state index in [9.17, 15) is 0 Å². The number of methoxy groups -OCH3 is 1. The zero-order valence-corrected chi connectivity index (χ0v) is 18.4. The van der Waals surface area contributed by atoms with Crippen molar-refractivity contribution in [3.8, 4) is 5.75 Å². The van der Waals surface area contributed by atoms with Gasteiger partial charge in [-0.3, -0.25) is 4.90 Å². The van der Waals surface area contributed by atoms with E-state index in [0.717, 1.165) is 18.3 Å². The molecule has 2 saturated heterocycles. The minimum atomic E-state index is 0.317. The van der Waals surface area contributed by atoms with Crippen LogP contribution in [0.1, 0.15) is 56.6 Å². The molecule has 30 heavy (non-hydrogen) atoms. The summed E-state index contributed by atoms with van der Waals surface area (Å²) in [6, 6.07) is 19.5. The topological polar surface area (TPSA) is 15.7 Å². The molecule has 0 radical (unpaired) electrons. The zero-order chi connectivity index (χ0) is 20.3. The molecule has 3 nitrogen and oxygen atoms in total. The molecule has 4 aliphatic rings. The summed E-state index contributed by atoms with van der Waals surface area (Å²) in [5.74, 6) is 0.941. The van der Waals surface area contributed by atoms with Crippen molar-refractivity contribution in [2.24, 2.45) is 5.41 Å². The predicted octanol–water partition coefficient (Wildman–Crippen LogP) is 5.38. The fraction of sp³-hybridized carbons (Fsp3) is 0.556. The monoisotopic (exact) mass is 402 g/mol. The van der Waals surface area contributed by atoms with Crippen molar-refractivity contribution in [1.29, 1.82) is 0 Å². The third kappa shape index (κ3) is 2.36. The van der Waals surface area contributed by atoms with Gasteiger partial charge in [-0.1, -0.05) is 37.3 Å². The molecule has 6 rings (SSSR count). The molecule has 2 aromatic carbocycles. The SMILES string of the molecule is CCC12CCCN3CC[C@@]4(c5ccccc5N(Cc5ccc(OC)cc5)C4CC1)[C@H]32. The maximum absolute atomic E-state index is 5.38. The largest absolute Gasteiger partial charge is 0.497 e. The summed E-state index contributed by atoms with van der Waals surface area (Å²) in [6.07, 6.45) is 8.22. The van der Waals surface area contributed by atoms with Crippen LogP contribution in [0.15, 0.2) is 48.5 Å². The highest BCUT2D eigenvalue weighted by atomic mass is 16.5. The fourth-order valence-corrected chi connectivity index (χ4v) is 8.01. The number of para-hydroxylation sites is 1. The lowest BCUT2D eigenvalue weighted by Gasteiger charge is -2.58. The van der Waals surface area contributed by atoms with Gasteiger partial charge in [0.2, 0.25) is 0 Å². The molecule has 0 amide bonds. The van der Waals surface area contributed by atoms with Crippen LogP contribution in [0.5, 0.6) is 5.75 Å². The van der Waals surface area contributed by atoms with Gasteiger partial charge in [-0.2, -0.15) is 0 Å². The number of piperidine rings is 1. The molecule has 1 aliphatic carbocycles. The van der Waals surface area contributed by atoms with Crippen molar-refractivity contribution in [3.63, 3.8) is 0 Å². The van der Waals surface area contributed by atoms with Gasteiger partial charge in [0.05, 0.1) is 7.11 Å². The standard InChI is InChI=1S/C27H34N2O/c1-3-26-14-6-17-28-18-16-27(25(26)28)22-7-4-5-8-23(22)29(24(27)13-15-26)19-20-9-11-21(30-2)12-10-20/h4-5,7-12,24-25H,3,6,13-19H2,1-2H3/t24?,25-,26?,27+/m1/s1. The molecule has 158 valence electrons. The predicted molar refractivity (Wildman–Crippen MR) is 122 cm³/mol. The fourth-order valence-electron chi connectivity index (χ4n) is 8.01. The van der Waals surface area contributed by atoms with Crippen LogP contribution in [0.3, 0.4) is 0 Å². The minimum absolute atomic E-state index is 0.317. The third-order valence-corrected chi connectivity index (χ3v) is 9.18. The Morgan fingerprint density at radius 3 is 2.63 bits per heavy atom. The van der Waals surface area contributed by atoms with Gasteiger partial charge in [-0.15, -0.1) is 0 Å². The minimum Gasteiger partial charge on any atom is -0.497 e. The van der Waals surface area contributed by atoms with Gasteiger partial charge in [-0.05, 0) is 86.4 Å². The molecule has 1 spiro atoms. The number of anilines is 1. The summed E-state index contributed by atoms with van der Waals surface area (Å²) in [7, 11) is 1.74. The first-order chi connectivity index (χ1) is 14.7. The Labute approximate surface area is 181 Å². The van der Waals surface area contributed by atoms with E-state index in [-0.39, 0.29) is 0 Å². The molecule has 3 heteroatoms. The Balaban J connectivity index is 1.45. The molecule has 3 aliphatic heterocycles. The smallest absolute Gasteiger partial charge is 0.118 e. The molecule has 2 unspecified atom stereocenters. The van der Waals surface area contributed by atoms with Gasteiger partial charge < -0.3 is 9.64 Å². The molecule has 0 N–H and O–H groups in total. The first-order valence-corrected chi connectivity index (χ1v) is 11.9. The van der Waals surface area contributed by atoms with E-state index < -0.39 is 0 Å². The van der Waals surface area contributed by atoms with Crippen molar-refractivity contribution in [1.82, 2.24) is 4.90 Å². The maximum atomic E-state index is 5.38. The summed E-state index contributed by atoms with van der Waals surface area (Å²) < 4.78 is 5.38. The highest BCUT2D eigenvalue weighted by Crippen LogP contribution is 2.65. The second kappa shape index (κ2) is 6.75. The van der Waals surface area contributed by atoms with Gasteiger partial charge in [0.15, 0.2) is 0 Å². The van der Waals surface area contributed by atoms with E-state index in [1.807, 2.05) is 0 Å². The molecule has 0 aromatic heterocycles. The van der Waals surface area contributed by atoms with E-state index in [1.165, 1.54) is 62.9 Å². The highest BCUT2D eigenvalue weighted by molar-refractivity contribution is 5.67. The van der Waals surface area contributed by atoms with Crippen LogP contribution in [-0.2, 0) is 12.0 Å². The van der Waals surface area contributed by atoms with E-state index in [4.69, 9.17) is 4.74 Å². The lowest BCUT2D eigenvalue weighted by molar-refractivity contribution is -0.0343. The molecule has 0 bridgehead atoms. The van der Waals surface area contributed by atoms with Crippen LogP contribution in [-0.4, -0.2) is 37.2 Å². The number of ether oxygens (including phenoxy) is 1. The van der Waals surface area contributed by atoms with Crippen LogP contribution in [0, 0.1) is 5.41 Å². The van der Waals surface area contributed by atoms with Gasteiger partial charge in [0.25, 0.3) is 0 Å². The van der Waals surface area contributed by atoms with Gasteiger partial charge in [0, 0.05) is 29.7 Å². The average molecular weight is 403 g/mol. The number of hydrogen-bond acceptors (Lipinski definition) is 3. The molecule has 3 fully saturated rings. The summed E-state index contributed by atoms with van der Waals surface area (Å²) in [5.41, 5.74) is 5.37. The number of hydrogen-bond donors (Lipinski definition) is 0. The quantitative estimate of drug-likeness (QED) is 0.683. The van der Waals surface area contributed by atoms with E-state index in [0.29, 0.717) is 16.9 Å². The van der Waals surface area contributed by atoms with Crippen LogP contribution < -0.4 is 9.64 Å². The number of benzene rings is 2. The summed E-state index contributed by atoms with van der Waals surface area (Å²) in [5, 5.41) is 0. The number of nitrogens with zero attached hydrogens (tertiary/aromatic N) is 2. The Hall–Kier alpha value is -2.00. The second-order valence-corrected chi connectivity index (χ2v) is 10.1. The number of fused-ring (bicyclic) bond motifs is 1. The summed E-state index contributed by atoms with van der Waals surface area (Å²) >= 11 is 0. The molecular weight excluding hydrogens is 368 g/mol. The van der Waals surface area contributed by atoms with Crippen LogP contribution >= 0.6 is 0 Å². The number of rotatable bonds is 4. The van der Waals surface area contributed by atoms with Crippen molar-refractivity contribution in [2.75, 3.05) is 25.1 Å². The van der Waals surface area contributed by atoms with Gasteiger partial charge in [-0.25, -0.2) is 0 Å². The Kier molecular flexibility index (Phi) is 4.22. The molecule has 1 saturated carbocycles. The normalized spacial score (nSPS) is 34.4. The highest BCUT2D eigenvalue weighted by Gasteiger charge is 2.67. The molecule has 4 atom stereocenters. The van der Waals surface area contributed by atoms with Gasteiger partial charge >= 0.3 is 0 Å². The molecule has 3 heterocycles. The van der Waals surface area contributed by atoms with Crippen molar-refractivity contribution >= 4 is 5.69 Å². The Morgan fingerprint density at radius 2 is 1.83 bits per heavy atom. The summed E-state index contributed by atoms with van der Waals surface area (Å²) in [6.45, 7) is 6.06. The summed E-state index contributed by atoms with van der Waals surface area (Å²) in [4.78, 5) is 5.67.